The van der Waals surface area contributed by atoms with Crippen LogP contribution in [0.2, 0.25) is 0 Å². The van der Waals surface area contributed by atoms with Crippen LogP contribution >= 0.6 is 0 Å². The van der Waals surface area contributed by atoms with Crippen molar-refractivity contribution in [1.82, 2.24) is 15.5 Å². The van der Waals surface area contributed by atoms with Crippen LogP contribution < -0.4 is 10.6 Å². The van der Waals surface area contributed by atoms with E-state index in [2.05, 4.69) is 43.2 Å². The van der Waals surface area contributed by atoms with Crippen LogP contribution in [-0.2, 0) is 9.53 Å². The van der Waals surface area contributed by atoms with Crippen molar-refractivity contribution < 1.29 is 9.53 Å². The molecule has 0 radical (unpaired) electrons. The van der Waals surface area contributed by atoms with Crippen LogP contribution in [0.1, 0.15) is 34.1 Å². The summed E-state index contributed by atoms with van der Waals surface area (Å²) in [6, 6.07) is 1.01. The minimum atomic E-state index is 0.0278. The molecule has 1 fully saturated rings. The lowest BCUT2D eigenvalue weighted by molar-refractivity contribution is -0.124. The third-order valence-electron chi connectivity index (χ3n) is 3.44. The lowest BCUT2D eigenvalue weighted by Gasteiger charge is -2.30. The molecule has 1 heterocycles. The minimum absolute atomic E-state index is 0.0278. The molecule has 0 saturated carbocycles. The Labute approximate surface area is 117 Å². The van der Waals surface area contributed by atoms with E-state index >= 15 is 0 Å². The van der Waals surface area contributed by atoms with Gasteiger partial charge in [-0.05, 0) is 27.7 Å². The molecular weight excluding hydrogens is 242 g/mol. The van der Waals surface area contributed by atoms with Gasteiger partial charge in [0.25, 0.3) is 0 Å². The van der Waals surface area contributed by atoms with Crippen molar-refractivity contribution in [1.29, 1.82) is 0 Å². The highest BCUT2D eigenvalue weighted by Crippen LogP contribution is 2.04. The maximum atomic E-state index is 11.8. The largest absolute Gasteiger partial charge is 0.375 e. The van der Waals surface area contributed by atoms with Gasteiger partial charge in [0, 0.05) is 38.3 Å². The fourth-order valence-corrected chi connectivity index (χ4v) is 2.47. The lowest BCUT2D eigenvalue weighted by atomic mass is 10.2. The SMILES string of the molecule is CC(C)N(CCNC(=O)CC1CNCCO1)C(C)C. The molecule has 0 aromatic heterocycles. The number of hydrogen-bond donors (Lipinski definition) is 2. The van der Waals surface area contributed by atoms with E-state index in [1.165, 1.54) is 0 Å². The Morgan fingerprint density at radius 3 is 2.58 bits per heavy atom. The number of ether oxygens (including phenoxy) is 1. The molecule has 1 atom stereocenters. The zero-order chi connectivity index (χ0) is 14.3. The number of carbonyl (C=O) groups is 1. The van der Waals surface area contributed by atoms with Crippen molar-refractivity contribution >= 4 is 5.91 Å². The number of morpholine rings is 1. The molecule has 5 heteroatoms. The molecular formula is C14H29N3O2. The number of nitrogens with one attached hydrogen (secondary N) is 2. The summed E-state index contributed by atoms with van der Waals surface area (Å²) in [5, 5.41) is 6.21. The Morgan fingerprint density at radius 2 is 2.05 bits per heavy atom. The molecule has 2 N–H and O–H groups in total. The number of amides is 1. The normalized spacial score (nSPS) is 20.3. The first-order valence-corrected chi connectivity index (χ1v) is 7.35. The second-order valence-corrected chi connectivity index (χ2v) is 5.68. The van der Waals surface area contributed by atoms with Gasteiger partial charge in [0.15, 0.2) is 0 Å². The van der Waals surface area contributed by atoms with Crippen molar-refractivity contribution in [3.63, 3.8) is 0 Å². The summed E-state index contributed by atoms with van der Waals surface area (Å²) in [5.41, 5.74) is 0. The minimum Gasteiger partial charge on any atom is -0.375 e. The van der Waals surface area contributed by atoms with Gasteiger partial charge in [0.1, 0.15) is 0 Å². The Hall–Kier alpha value is -0.650. The van der Waals surface area contributed by atoms with Gasteiger partial charge in [0.2, 0.25) is 5.91 Å². The lowest BCUT2D eigenvalue weighted by Crippen LogP contribution is -2.44. The van der Waals surface area contributed by atoms with Gasteiger partial charge in [-0.3, -0.25) is 9.69 Å². The van der Waals surface area contributed by atoms with E-state index in [9.17, 15) is 4.79 Å². The molecule has 0 bridgehead atoms. The molecule has 1 aliphatic heterocycles. The maximum absolute atomic E-state index is 11.8. The smallest absolute Gasteiger partial charge is 0.222 e. The average Bonchev–Trinajstić information content (AvgIpc) is 2.34. The molecule has 1 saturated heterocycles. The molecule has 0 spiro atoms. The molecule has 0 aromatic carbocycles. The Kier molecular flexibility index (Phi) is 7.34. The topological polar surface area (TPSA) is 53.6 Å². The molecule has 1 unspecified atom stereocenters. The van der Waals surface area contributed by atoms with Gasteiger partial charge in [-0.2, -0.15) is 0 Å². The van der Waals surface area contributed by atoms with Crippen molar-refractivity contribution in [3.05, 3.63) is 0 Å². The van der Waals surface area contributed by atoms with Crippen molar-refractivity contribution in [2.24, 2.45) is 0 Å². The molecule has 1 aliphatic rings. The molecule has 112 valence electrons. The van der Waals surface area contributed by atoms with Crippen LogP contribution in [-0.4, -0.2) is 61.8 Å². The predicted octanol–water partition coefficient (Wildman–Crippen LogP) is 0.600. The molecule has 0 aliphatic carbocycles. The highest BCUT2D eigenvalue weighted by Gasteiger charge is 2.18. The first-order chi connectivity index (χ1) is 9.00. The number of nitrogens with zero attached hydrogens (tertiary/aromatic N) is 1. The number of carbonyl (C=O) groups excluding carboxylic acids is 1. The molecule has 1 rings (SSSR count). The molecule has 0 aromatic rings. The van der Waals surface area contributed by atoms with E-state index < -0.39 is 0 Å². The summed E-state index contributed by atoms with van der Waals surface area (Å²) < 4.78 is 5.52. The summed E-state index contributed by atoms with van der Waals surface area (Å²) >= 11 is 0. The van der Waals surface area contributed by atoms with Crippen LogP contribution in [0.5, 0.6) is 0 Å². The summed E-state index contributed by atoms with van der Waals surface area (Å²) in [6.45, 7) is 12.7. The average molecular weight is 271 g/mol. The van der Waals surface area contributed by atoms with E-state index in [0.717, 1.165) is 19.6 Å². The highest BCUT2D eigenvalue weighted by molar-refractivity contribution is 5.76. The van der Waals surface area contributed by atoms with Crippen LogP contribution in [0.25, 0.3) is 0 Å². The van der Waals surface area contributed by atoms with E-state index in [4.69, 9.17) is 4.74 Å². The molecule has 19 heavy (non-hydrogen) atoms. The van der Waals surface area contributed by atoms with Crippen molar-refractivity contribution in [3.8, 4) is 0 Å². The predicted molar refractivity (Wildman–Crippen MR) is 77.2 cm³/mol. The van der Waals surface area contributed by atoms with E-state index in [0.29, 0.717) is 31.7 Å². The van der Waals surface area contributed by atoms with Crippen LogP contribution in [0.4, 0.5) is 0 Å². The van der Waals surface area contributed by atoms with Gasteiger partial charge < -0.3 is 15.4 Å². The summed E-state index contributed by atoms with van der Waals surface area (Å²) in [5.74, 6) is 0.0844. The van der Waals surface area contributed by atoms with Gasteiger partial charge in [-0.25, -0.2) is 0 Å². The first-order valence-electron chi connectivity index (χ1n) is 7.35. The van der Waals surface area contributed by atoms with Crippen LogP contribution in [0, 0.1) is 0 Å². The van der Waals surface area contributed by atoms with Crippen LogP contribution in [0.15, 0.2) is 0 Å². The second-order valence-electron chi connectivity index (χ2n) is 5.68. The maximum Gasteiger partial charge on any atom is 0.222 e. The van der Waals surface area contributed by atoms with E-state index in [-0.39, 0.29) is 12.0 Å². The standard InChI is InChI=1S/C14H29N3O2/c1-11(2)17(12(3)4)7-5-16-14(18)9-13-10-15-6-8-19-13/h11-13,15H,5-10H2,1-4H3,(H,16,18). The van der Waals surface area contributed by atoms with E-state index in [1.807, 2.05) is 0 Å². The third-order valence-corrected chi connectivity index (χ3v) is 3.44. The molecule has 5 nitrogen and oxygen atoms in total. The Morgan fingerprint density at radius 1 is 1.37 bits per heavy atom. The van der Waals surface area contributed by atoms with Gasteiger partial charge in [-0.1, -0.05) is 0 Å². The number of rotatable bonds is 7. The Balaban J connectivity index is 2.18. The second kappa shape index (κ2) is 8.51. The molecule has 1 amide bonds. The quantitative estimate of drug-likeness (QED) is 0.712. The van der Waals surface area contributed by atoms with Gasteiger partial charge >= 0.3 is 0 Å². The zero-order valence-corrected chi connectivity index (χ0v) is 12.7. The third kappa shape index (κ3) is 6.36. The Bertz CT molecular complexity index is 255. The summed E-state index contributed by atoms with van der Waals surface area (Å²) in [4.78, 5) is 14.2. The van der Waals surface area contributed by atoms with Crippen molar-refractivity contribution in [2.45, 2.75) is 52.3 Å². The number of hydrogen-bond acceptors (Lipinski definition) is 4. The fraction of sp³-hybridized carbons (Fsp3) is 0.929. The highest BCUT2D eigenvalue weighted by atomic mass is 16.5. The first kappa shape index (κ1) is 16.4. The summed E-state index contributed by atoms with van der Waals surface area (Å²) in [7, 11) is 0. The van der Waals surface area contributed by atoms with Crippen molar-refractivity contribution in [2.75, 3.05) is 32.8 Å². The van der Waals surface area contributed by atoms with E-state index in [1.54, 1.807) is 0 Å². The monoisotopic (exact) mass is 271 g/mol. The van der Waals surface area contributed by atoms with Gasteiger partial charge in [-0.15, -0.1) is 0 Å². The van der Waals surface area contributed by atoms with Crippen LogP contribution in [0.3, 0.4) is 0 Å². The zero-order valence-electron chi connectivity index (χ0n) is 12.7. The fourth-order valence-electron chi connectivity index (χ4n) is 2.47. The van der Waals surface area contributed by atoms with Gasteiger partial charge in [0.05, 0.1) is 19.1 Å². The summed E-state index contributed by atoms with van der Waals surface area (Å²) in [6.07, 6.45) is 0.483.